The van der Waals surface area contributed by atoms with Crippen LogP contribution >= 0.6 is 34.5 Å². The van der Waals surface area contributed by atoms with Crippen LogP contribution in [0.4, 0.5) is 0 Å². The van der Waals surface area contributed by atoms with Crippen molar-refractivity contribution in [3.8, 4) is 0 Å². The fraction of sp³-hybridized carbons (Fsp3) is 0.100. The van der Waals surface area contributed by atoms with Gasteiger partial charge in [0.2, 0.25) is 0 Å². The first kappa shape index (κ1) is 18.0. The second kappa shape index (κ2) is 7.72. The molecule has 0 fully saturated rings. The van der Waals surface area contributed by atoms with Gasteiger partial charge in [-0.3, -0.25) is 4.79 Å². The van der Waals surface area contributed by atoms with Gasteiger partial charge >= 0.3 is 0 Å². The van der Waals surface area contributed by atoms with Crippen LogP contribution in [0.15, 0.2) is 60.0 Å². The zero-order valence-electron chi connectivity index (χ0n) is 14.2. The van der Waals surface area contributed by atoms with Crippen molar-refractivity contribution in [2.45, 2.75) is 13.1 Å². The van der Waals surface area contributed by atoms with E-state index in [2.05, 4.69) is 9.88 Å². The number of nitrogens with zero attached hydrogens (tertiary/aromatic N) is 2. The van der Waals surface area contributed by atoms with E-state index >= 15 is 0 Å². The van der Waals surface area contributed by atoms with Crippen LogP contribution < -0.4 is 5.32 Å². The molecular weight excluding hydrogens is 401 g/mol. The normalized spacial score (nSPS) is 11.0. The molecule has 0 saturated carbocycles. The van der Waals surface area contributed by atoms with Gasteiger partial charge in [0.1, 0.15) is 5.82 Å². The molecule has 136 valence electrons. The summed E-state index contributed by atoms with van der Waals surface area (Å²) >= 11 is 13.6. The van der Waals surface area contributed by atoms with Crippen LogP contribution in [0.1, 0.15) is 21.1 Å². The first-order valence-corrected chi connectivity index (χ1v) is 9.95. The number of hydrogen-bond donors (Lipinski definition) is 1. The number of thiophene rings is 1. The van der Waals surface area contributed by atoms with Crippen LogP contribution in [0.5, 0.6) is 0 Å². The highest BCUT2D eigenvalue weighted by atomic mass is 35.5. The molecule has 7 heteroatoms. The predicted octanol–water partition coefficient (Wildman–Crippen LogP) is 5.38. The van der Waals surface area contributed by atoms with E-state index in [1.54, 1.807) is 12.1 Å². The Morgan fingerprint density at radius 2 is 1.93 bits per heavy atom. The molecule has 4 nitrogen and oxygen atoms in total. The zero-order chi connectivity index (χ0) is 18.8. The predicted molar refractivity (Wildman–Crippen MR) is 111 cm³/mol. The van der Waals surface area contributed by atoms with Crippen molar-refractivity contribution in [2.75, 3.05) is 0 Å². The summed E-state index contributed by atoms with van der Waals surface area (Å²) < 4.78 is 2.09. The SMILES string of the molecule is O=C(NCc1nc2ccccc2n1Cc1ccc(Cl)c(Cl)c1)c1cccs1. The van der Waals surface area contributed by atoms with E-state index < -0.39 is 0 Å². The average Bonchev–Trinajstić information content (AvgIpc) is 3.32. The summed E-state index contributed by atoms with van der Waals surface area (Å²) in [6, 6.07) is 17.2. The van der Waals surface area contributed by atoms with Gasteiger partial charge in [-0.2, -0.15) is 0 Å². The first-order chi connectivity index (χ1) is 13.1. The molecule has 0 spiro atoms. The van der Waals surface area contributed by atoms with Gasteiger partial charge in [-0.25, -0.2) is 4.98 Å². The van der Waals surface area contributed by atoms with Gasteiger partial charge in [-0.1, -0.05) is 47.5 Å². The topological polar surface area (TPSA) is 46.9 Å². The molecule has 27 heavy (non-hydrogen) atoms. The third-order valence-corrected chi connectivity index (χ3v) is 5.82. The highest BCUT2D eigenvalue weighted by Crippen LogP contribution is 2.24. The number of halogens is 2. The van der Waals surface area contributed by atoms with Gasteiger partial charge in [0.05, 0.1) is 32.5 Å². The Morgan fingerprint density at radius 1 is 1.07 bits per heavy atom. The number of benzene rings is 2. The van der Waals surface area contributed by atoms with Crippen molar-refractivity contribution >= 4 is 51.5 Å². The van der Waals surface area contributed by atoms with E-state index in [0.717, 1.165) is 22.4 Å². The van der Waals surface area contributed by atoms with Crippen molar-refractivity contribution in [1.82, 2.24) is 14.9 Å². The summed E-state index contributed by atoms with van der Waals surface area (Å²) in [7, 11) is 0. The molecule has 0 bridgehead atoms. The molecule has 2 aromatic heterocycles. The molecule has 0 saturated heterocycles. The lowest BCUT2D eigenvalue weighted by Gasteiger charge is -2.11. The van der Waals surface area contributed by atoms with Gasteiger partial charge in [0, 0.05) is 6.54 Å². The minimum Gasteiger partial charge on any atom is -0.344 e. The number of carbonyl (C=O) groups is 1. The quantitative estimate of drug-likeness (QED) is 0.475. The van der Waals surface area contributed by atoms with E-state index in [0.29, 0.717) is 28.0 Å². The van der Waals surface area contributed by atoms with Crippen LogP contribution in [-0.2, 0) is 13.1 Å². The fourth-order valence-corrected chi connectivity index (χ4v) is 3.87. The molecule has 0 aliphatic rings. The number of nitrogens with one attached hydrogen (secondary N) is 1. The van der Waals surface area contributed by atoms with Crippen LogP contribution in [0.3, 0.4) is 0 Å². The molecule has 0 atom stereocenters. The summed E-state index contributed by atoms with van der Waals surface area (Å²) in [5.74, 6) is 0.685. The van der Waals surface area contributed by atoms with Crippen molar-refractivity contribution < 1.29 is 4.79 Å². The first-order valence-electron chi connectivity index (χ1n) is 8.31. The van der Waals surface area contributed by atoms with Crippen molar-refractivity contribution in [2.24, 2.45) is 0 Å². The molecular formula is C20H15Cl2N3OS. The van der Waals surface area contributed by atoms with E-state index in [1.165, 1.54) is 11.3 Å². The monoisotopic (exact) mass is 415 g/mol. The maximum absolute atomic E-state index is 12.3. The summed E-state index contributed by atoms with van der Waals surface area (Å²) in [5.41, 5.74) is 2.90. The lowest BCUT2D eigenvalue weighted by molar-refractivity contribution is 0.0953. The average molecular weight is 416 g/mol. The number of para-hydroxylation sites is 2. The molecule has 0 radical (unpaired) electrons. The molecule has 2 heterocycles. The summed E-state index contributed by atoms with van der Waals surface area (Å²) in [6.07, 6.45) is 0. The molecule has 0 aliphatic carbocycles. The zero-order valence-corrected chi connectivity index (χ0v) is 16.5. The fourth-order valence-electron chi connectivity index (χ4n) is 2.91. The molecule has 1 amide bonds. The van der Waals surface area contributed by atoms with Gasteiger partial charge in [-0.05, 0) is 41.3 Å². The van der Waals surface area contributed by atoms with Gasteiger partial charge in [0.25, 0.3) is 5.91 Å². The summed E-state index contributed by atoms with van der Waals surface area (Å²) in [5, 5.41) is 5.88. The second-order valence-corrected chi connectivity index (χ2v) is 7.77. The van der Waals surface area contributed by atoms with Gasteiger partial charge in [0.15, 0.2) is 0 Å². The summed E-state index contributed by atoms with van der Waals surface area (Å²) in [4.78, 5) is 17.7. The molecule has 4 aromatic rings. The maximum atomic E-state index is 12.3. The Balaban J connectivity index is 1.64. The second-order valence-electron chi connectivity index (χ2n) is 6.01. The lowest BCUT2D eigenvalue weighted by atomic mass is 10.2. The van der Waals surface area contributed by atoms with Gasteiger partial charge in [-0.15, -0.1) is 11.3 Å². The Kier molecular flexibility index (Phi) is 5.16. The van der Waals surface area contributed by atoms with Crippen molar-refractivity contribution in [3.63, 3.8) is 0 Å². The summed E-state index contributed by atoms with van der Waals surface area (Å²) in [6.45, 7) is 0.925. The maximum Gasteiger partial charge on any atom is 0.261 e. The van der Waals surface area contributed by atoms with Crippen LogP contribution in [0.2, 0.25) is 10.0 Å². The molecule has 0 unspecified atom stereocenters. The Hall–Kier alpha value is -2.34. The highest BCUT2D eigenvalue weighted by Gasteiger charge is 2.13. The number of imidazole rings is 1. The van der Waals surface area contributed by atoms with Gasteiger partial charge < -0.3 is 9.88 Å². The van der Waals surface area contributed by atoms with E-state index in [4.69, 9.17) is 28.2 Å². The number of amides is 1. The Bertz CT molecular complexity index is 1110. The number of aromatic nitrogens is 2. The van der Waals surface area contributed by atoms with Crippen molar-refractivity contribution in [1.29, 1.82) is 0 Å². The highest BCUT2D eigenvalue weighted by molar-refractivity contribution is 7.12. The minimum absolute atomic E-state index is 0.0989. The number of rotatable bonds is 5. The Morgan fingerprint density at radius 3 is 2.70 bits per heavy atom. The van der Waals surface area contributed by atoms with E-state index in [1.807, 2.05) is 47.8 Å². The van der Waals surface area contributed by atoms with Crippen LogP contribution in [0, 0.1) is 0 Å². The number of fused-ring (bicyclic) bond motifs is 1. The molecule has 2 aromatic carbocycles. The van der Waals surface area contributed by atoms with Crippen molar-refractivity contribution in [3.05, 3.63) is 86.3 Å². The smallest absolute Gasteiger partial charge is 0.261 e. The number of hydrogen-bond acceptors (Lipinski definition) is 3. The lowest BCUT2D eigenvalue weighted by Crippen LogP contribution is -2.24. The largest absolute Gasteiger partial charge is 0.344 e. The standard InChI is InChI=1S/C20H15Cl2N3OS/c21-14-8-7-13(10-15(14)22)12-25-17-5-2-1-4-16(17)24-19(25)11-23-20(26)18-6-3-9-27-18/h1-10H,11-12H2,(H,23,26). The Labute approximate surface area is 170 Å². The third-order valence-electron chi connectivity index (χ3n) is 4.21. The molecule has 0 aliphatic heterocycles. The van der Waals surface area contributed by atoms with E-state index in [-0.39, 0.29) is 5.91 Å². The third kappa shape index (κ3) is 3.86. The van der Waals surface area contributed by atoms with Crippen LogP contribution in [-0.4, -0.2) is 15.5 Å². The molecule has 4 rings (SSSR count). The van der Waals surface area contributed by atoms with Crippen LogP contribution in [0.25, 0.3) is 11.0 Å². The number of carbonyl (C=O) groups excluding carboxylic acids is 1. The van der Waals surface area contributed by atoms with E-state index in [9.17, 15) is 4.79 Å². The molecule has 1 N–H and O–H groups in total. The minimum atomic E-state index is -0.0989.